The van der Waals surface area contributed by atoms with E-state index >= 15 is 0 Å². The van der Waals surface area contributed by atoms with E-state index in [9.17, 15) is 18.0 Å². The summed E-state index contributed by atoms with van der Waals surface area (Å²) in [5.74, 6) is -0.373. The van der Waals surface area contributed by atoms with Gasteiger partial charge in [-0.15, -0.1) is 0 Å². The van der Waals surface area contributed by atoms with E-state index in [0.29, 0.717) is 28.0 Å². The van der Waals surface area contributed by atoms with Crippen molar-refractivity contribution in [2.75, 3.05) is 13.2 Å². The number of hydrogen-bond donors (Lipinski definition) is 2. The molecule has 0 radical (unpaired) electrons. The number of hydrogen-bond acceptors (Lipinski definition) is 7. The molecule has 9 nitrogen and oxygen atoms in total. The molecular formula is C25H24BrN3O6S. The first-order valence-corrected chi connectivity index (χ1v) is 13.2. The number of halogens is 1. The fraction of sp³-hybridized carbons (Fsp3) is 0.160. The van der Waals surface area contributed by atoms with Gasteiger partial charge < -0.3 is 9.47 Å². The number of nitrogens with zero attached hydrogens (tertiary/aromatic N) is 1. The normalized spacial score (nSPS) is 11.3. The molecule has 3 aromatic rings. The summed E-state index contributed by atoms with van der Waals surface area (Å²) in [6.45, 7) is 2.08. The second-order valence-electron chi connectivity index (χ2n) is 7.38. The van der Waals surface area contributed by atoms with Gasteiger partial charge in [-0.2, -0.15) is 5.10 Å². The lowest BCUT2D eigenvalue weighted by Crippen LogP contribution is -2.34. The van der Waals surface area contributed by atoms with Crippen LogP contribution >= 0.6 is 15.9 Å². The molecule has 0 atom stereocenters. The van der Waals surface area contributed by atoms with Crippen LogP contribution in [0.2, 0.25) is 0 Å². The van der Waals surface area contributed by atoms with Crippen LogP contribution in [0.4, 0.5) is 0 Å². The Morgan fingerprint density at radius 2 is 1.75 bits per heavy atom. The van der Waals surface area contributed by atoms with E-state index in [1.807, 2.05) is 6.92 Å². The van der Waals surface area contributed by atoms with Crippen molar-refractivity contribution in [3.63, 3.8) is 0 Å². The van der Waals surface area contributed by atoms with E-state index < -0.39 is 28.4 Å². The Bertz CT molecular complexity index is 1330. The highest BCUT2D eigenvalue weighted by atomic mass is 79.9. The van der Waals surface area contributed by atoms with Gasteiger partial charge in [0.15, 0.2) is 0 Å². The molecule has 0 unspecified atom stereocenters. The van der Waals surface area contributed by atoms with Crippen LogP contribution < -0.4 is 19.6 Å². The third-order valence-electron chi connectivity index (χ3n) is 4.61. The summed E-state index contributed by atoms with van der Waals surface area (Å²) in [5, 5.41) is 3.85. The first-order chi connectivity index (χ1) is 17.3. The number of sulfonamides is 1. The van der Waals surface area contributed by atoms with Crippen molar-refractivity contribution in [2.24, 2.45) is 5.10 Å². The Morgan fingerprint density at radius 1 is 1.03 bits per heavy atom. The van der Waals surface area contributed by atoms with Gasteiger partial charge in [-0.3, -0.25) is 4.79 Å². The number of rotatable bonds is 11. The third-order valence-corrected chi connectivity index (χ3v) is 6.52. The van der Waals surface area contributed by atoms with Crippen molar-refractivity contribution in [1.82, 2.24) is 10.1 Å². The van der Waals surface area contributed by atoms with E-state index in [0.717, 1.165) is 6.42 Å². The fourth-order valence-electron chi connectivity index (χ4n) is 2.84. The molecule has 0 aliphatic heterocycles. The summed E-state index contributed by atoms with van der Waals surface area (Å²) in [6.07, 6.45) is 2.17. The number of amides is 1. The molecular weight excluding hydrogens is 550 g/mol. The summed E-state index contributed by atoms with van der Waals surface area (Å²) < 4.78 is 38.3. The predicted octanol–water partition coefficient (Wildman–Crippen LogP) is 3.89. The molecule has 0 saturated carbocycles. The molecule has 3 aromatic carbocycles. The number of hydrazone groups is 1. The predicted molar refractivity (Wildman–Crippen MR) is 139 cm³/mol. The van der Waals surface area contributed by atoms with Crippen molar-refractivity contribution in [2.45, 2.75) is 18.2 Å². The van der Waals surface area contributed by atoms with Crippen LogP contribution in [0.25, 0.3) is 0 Å². The molecule has 0 spiro atoms. The van der Waals surface area contributed by atoms with Crippen molar-refractivity contribution in [3.8, 4) is 11.5 Å². The Kier molecular flexibility index (Phi) is 9.74. The van der Waals surface area contributed by atoms with Gasteiger partial charge in [0.05, 0.1) is 29.8 Å². The highest BCUT2D eigenvalue weighted by molar-refractivity contribution is 9.10. The van der Waals surface area contributed by atoms with Gasteiger partial charge in [0.25, 0.3) is 5.91 Å². The number of carbonyl (C=O) groups excluding carboxylic acids is 2. The molecule has 0 aromatic heterocycles. The van der Waals surface area contributed by atoms with Crippen molar-refractivity contribution in [1.29, 1.82) is 0 Å². The Morgan fingerprint density at radius 3 is 2.44 bits per heavy atom. The summed E-state index contributed by atoms with van der Waals surface area (Å²) in [5.41, 5.74) is 2.99. The van der Waals surface area contributed by atoms with E-state index in [1.54, 1.807) is 60.7 Å². The minimum atomic E-state index is -3.83. The molecule has 0 saturated heterocycles. The van der Waals surface area contributed by atoms with Crippen molar-refractivity contribution < 1.29 is 27.5 Å². The molecule has 0 heterocycles. The molecule has 2 N–H and O–H groups in total. The van der Waals surface area contributed by atoms with Crippen molar-refractivity contribution in [3.05, 3.63) is 88.4 Å². The molecule has 188 valence electrons. The van der Waals surface area contributed by atoms with Gasteiger partial charge in [-0.05, 0) is 61.0 Å². The number of esters is 1. The molecule has 0 aliphatic carbocycles. The quantitative estimate of drug-likeness (QED) is 0.155. The smallest absolute Gasteiger partial charge is 0.343 e. The highest BCUT2D eigenvalue weighted by Gasteiger charge is 2.15. The minimum absolute atomic E-state index is 0.0463. The standard InChI is InChI=1S/C25H24BrN3O6S/c1-2-14-34-21-11-8-18(9-12-21)25(31)35-23-13-10-20(26)15-19(23)16-27-29-24(30)17-28-36(32,33)22-6-4-3-5-7-22/h3-13,15-16,28H,2,14,17H2,1H3,(H,29,30)/b27-16+. The monoisotopic (exact) mass is 573 g/mol. The zero-order valence-electron chi connectivity index (χ0n) is 19.3. The SMILES string of the molecule is CCCOc1ccc(C(=O)Oc2ccc(Br)cc2/C=N/NC(=O)CNS(=O)(=O)c2ccccc2)cc1. The lowest BCUT2D eigenvalue weighted by molar-refractivity contribution is -0.119. The van der Waals surface area contributed by atoms with Crippen LogP contribution in [0, 0.1) is 0 Å². The molecule has 0 aliphatic rings. The molecule has 3 rings (SSSR count). The van der Waals surface area contributed by atoms with Gasteiger partial charge in [0.1, 0.15) is 11.5 Å². The lowest BCUT2D eigenvalue weighted by atomic mass is 10.2. The van der Waals surface area contributed by atoms with Crippen molar-refractivity contribution >= 4 is 44.0 Å². The number of carbonyl (C=O) groups is 2. The van der Waals surface area contributed by atoms with Gasteiger partial charge in [-0.25, -0.2) is 23.4 Å². The Hall–Kier alpha value is -3.54. The van der Waals surface area contributed by atoms with Crippen LogP contribution in [-0.2, 0) is 14.8 Å². The van der Waals surface area contributed by atoms with Crippen LogP contribution in [0.15, 0.2) is 87.3 Å². The number of nitrogens with one attached hydrogen (secondary N) is 2. The number of benzene rings is 3. The first kappa shape index (κ1) is 27.1. The highest BCUT2D eigenvalue weighted by Crippen LogP contribution is 2.23. The Labute approximate surface area is 217 Å². The largest absolute Gasteiger partial charge is 0.494 e. The number of ether oxygens (including phenoxy) is 2. The second kappa shape index (κ2) is 13.0. The fourth-order valence-corrected chi connectivity index (χ4v) is 4.22. The second-order valence-corrected chi connectivity index (χ2v) is 10.1. The van der Waals surface area contributed by atoms with Gasteiger partial charge in [0.2, 0.25) is 10.0 Å². The topological polar surface area (TPSA) is 123 Å². The molecule has 1 amide bonds. The van der Waals surface area contributed by atoms with Gasteiger partial charge in [-0.1, -0.05) is 41.1 Å². The zero-order valence-corrected chi connectivity index (χ0v) is 21.7. The van der Waals surface area contributed by atoms with E-state index in [4.69, 9.17) is 9.47 Å². The van der Waals surface area contributed by atoms with E-state index in [-0.39, 0.29) is 10.6 Å². The summed E-state index contributed by atoms with van der Waals surface area (Å²) in [4.78, 5) is 24.7. The van der Waals surface area contributed by atoms with Crippen LogP contribution in [0.1, 0.15) is 29.3 Å². The first-order valence-electron chi connectivity index (χ1n) is 10.9. The third kappa shape index (κ3) is 8.01. The van der Waals surface area contributed by atoms with E-state index in [1.165, 1.54) is 18.3 Å². The minimum Gasteiger partial charge on any atom is -0.494 e. The Balaban J connectivity index is 1.60. The molecule has 11 heteroatoms. The molecule has 36 heavy (non-hydrogen) atoms. The summed E-state index contributed by atoms with van der Waals surface area (Å²) in [7, 11) is -3.83. The summed E-state index contributed by atoms with van der Waals surface area (Å²) in [6, 6.07) is 19.2. The lowest BCUT2D eigenvalue weighted by Gasteiger charge is -2.09. The molecule has 0 fully saturated rings. The maximum Gasteiger partial charge on any atom is 0.343 e. The average molecular weight is 574 g/mol. The van der Waals surface area contributed by atoms with Crippen LogP contribution in [-0.4, -0.2) is 39.7 Å². The van der Waals surface area contributed by atoms with Crippen LogP contribution in [0.3, 0.4) is 0 Å². The average Bonchev–Trinajstić information content (AvgIpc) is 2.88. The van der Waals surface area contributed by atoms with Crippen LogP contribution in [0.5, 0.6) is 11.5 Å². The van der Waals surface area contributed by atoms with E-state index in [2.05, 4.69) is 31.2 Å². The maximum atomic E-state index is 12.6. The zero-order chi connectivity index (χ0) is 26.0. The van der Waals surface area contributed by atoms with Gasteiger partial charge in [0, 0.05) is 10.0 Å². The maximum absolute atomic E-state index is 12.6. The van der Waals surface area contributed by atoms with Gasteiger partial charge >= 0.3 is 5.97 Å². The molecule has 0 bridgehead atoms. The summed E-state index contributed by atoms with van der Waals surface area (Å²) >= 11 is 3.35.